The summed E-state index contributed by atoms with van der Waals surface area (Å²) in [5.41, 5.74) is 1.66. The molecule has 0 amide bonds. The third-order valence-corrected chi connectivity index (χ3v) is 2.37. The van der Waals surface area contributed by atoms with E-state index in [0.29, 0.717) is 11.4 Å². The zero-order valence-corrected chi connectivity index (χ0v) is 10.1. The number of hydrogen-bond donors (Lipinski definition) is 1. The monoisotopic (exact) mass is 239 g/mol. The molecule has 18 heavy (non-hydrogen) atoms. The van der Waals surface area contributed by atoms with E-state index in [4.69, 9.17) is 10.00 Å². The van der Waals surface area contributed by atoms with Crippen LogP contribution in [0, 0.1) is 11.3 Å². The molecule has 0 aliphatic rings. The average molecular weight is 239 g/mol. The zero-order chi connectivity index (χ0) is 12.8. The summed E-state index contributed by atoms with van der Waals surface area (Å²) in [6, 6.07) is 13.2. The Hall–Kier alpha value is -2.38. The summed E-state index contributed by atoms with van der Waals surface area (Å²) < 4.78 is 5.62. The number of aromatic nitrogens is 1. The highest BCUT2D eigenvalue weighted by Gasteiger charge is 2.00. The molecule has 0 aliphatic carbocycles. The van der Waals surface area contributed by atoms with Crippen molar-refractivity contribution in [3.8, 4) is 17.7 Å². The van der Waals surface area contributed by atoms with Gasteiger partial charge >= 0.3 is 0 Å². The average Bonchev–Trinajstić information content (AvgIpc) is 2.40. The van der Waals surface area contributed by atoms with Crippen molar-refractivity contribution in [2.24, 2.45) is 0 Å². The molecule has 0 spiro atoms. The molecule has 0 aliphatic heterocycles. The van der Waals surface area contributed by atoms with Crippen LogP contribution in [-0.2, 0) is 6.54 Å². The normalized spacial score (nSPS) is 9.78. The molecule has 90 valence electrons. The van der Waals surface area contributed by atoms with Crippen molar-refractivity contribution in [3.05, 3.63) is 53.7 Å². The Kier molecular flexibility index (Phi) is 3.90. The van der Waals surface area contributed by atoms with E-state index < -0.39 is 0 Å². The van der Waals surface area contributed by atoms with Gasteiger partial charge in [0.05, 0.1) is 5.56 Å². The van der Waals surface area contributed by atoms with Crippen molar-refractivity contribution in [2.45, 2.75) is 6.54 Å². The van der Waals surface area contributed by atoms with Crippen LogP contribution in [0.25, 0.3) is 0 Å². The van der Waals surface area contributed by atoms with E-state index in [1.54, 1.807) is 12.1 Å². The molecule has 1 aromatic carbocycles. The van der Waals surface area contributed by atoms with Gasteiger partial charge in [-0.15, -0.1) is 0 Å². The quantitative estimate of drug-likeness (QED) is 0.890. The fourth-order valence-electron chi connectivity index (χ4n) is 1.55. The molecule has 1 heterocycles. The summed E-state index contributed by atoms with van der Waals surface area (Å²) in [5.74, 6) is 1.22. The maximum absolute atomic E-state index is 8.68. The van der Waals surface area contributed by atoms with Gasteiger partial charge in [-0.05, 0) is 30.8 Å². The van der Waals surface area contributed by atoms with Crippen LogP contribution in [0.5, 0.6) is 11.6 Å². The van der Waals surface area contributed by atoms with Crippen LogP contribution in [0.15, 0.2) is 42.6 Å². The first-order valence-electron chi connectivity index (χ1n) is 5.59. The van der Waals surface area contributed by atoms with Gasteiger partial charge in [0, 0.05) is 18.8 Å². The van der Waals surface area contributed by atoms with Gasteiger partial charge in [0.15, 0.2) is 0 Å². The Morgan fingerprint density at radius 2 is 2.22 bits per heavy atom. The lowest BCUT2D eigenvalue weighted by Gasteiger charge is -2.06. The molecule has 1 aromatic heterocycles. The summed E-state index contributed by atoms with van der Waals surface area (Å²) >= 11 is 0. The molecule has 0 saturated heterocycles. The number of pyridine rings is 1. The minimum atomic E-state index is 0.482. The second-order valence-electron chi connectivity index (χ2n) is 3.78. The minimum Gasteiger partial charge on any atom is -0.439 e. The minimum absolute atomic E-state index is 0.482. The molecular formula is C14H13N3O. The number of benzene rings is 1. The molecule has 4 heteroatoms. The van der Waals surface area contributed by atoms with Gasteiger partial charge in [-0.1, -0.05) is 12.1 Å². The number of ether oxygens (including phenoxy) is 1. The van der Waals surface area contributed by atoms with Crippen LogP contribution in [0.3, 0.4) is 0 Å². The summed E-state index contributed by atoms with van der Waals surface area (Å²) in [7, 11) is 1.90. The van der Waals surface area contributed by atoms with Gasteiger partial charge in [-0.25, -0.2) is 4.98 Å². The molecule has 0 atom stereocenters. The predicted molar refractivity (Wildman–Crippen MR) is 68.2 cm³/mol. The first-order valence-corrected chi connectivity index (χ1v) is 5.59. The zero-order valence-electron chi connectivity index (χ0n) is 10.1. The number of nitriles is 1. The largest absolute Gasteiger partial charge is 0.439 e. The van der Waals surface area contributed by atoms with Gasteiger partial charge in [-0.2, -0.15) is 5.26 Å². The van der Waals surface area contributed by atoms with Crippen molar-refractivity contribution in [3.63, 3.8) is 0 Å². The topological polar surface area (TPSA) is 57.9 Å². The summed E-state index contributed by atoms with van der Waals surface area (Å²) in [4.78, 5) is 4.06. The SMILES string of the molecule is CNCc1cccc(Oc2ccc(C#N)cn2)c1. The molecule has 1 N–H and O–H groups in total. The van der Waals surface area contributed by atoms with Crippen molar-refractivity contribution in [2.75, 3.05) is 7.05 Å². The molecule has 0 radical (unpaired) electrons. The standard InChI is InChI=1S/C14H13N3O/c1-16-9-11-3-2-4-13(7-11)18-14-6-5-12(8-15)10-17-14/h2-7,10,16H,9H2,1H3. The Morgan fingerprint density at radius 1 is 1.33 bits per heavy atom. The Labute approximate surface area is 106 Å². The van der Waals surface area contributed by atoms with Crippen molar-refractivity contribution < 1.29 is 4.74 Å². The maximum atomic E-state index is 8.68. The number of rotatable bonds is 4. The number of nitrogens with zero attached hydrogens (tertiary/aromatic N) is 2. The van der Waals surface area contributed by atoms with E-state index in [2.05, 4.69) is 10.3 Å². The van der Waals surface area contributed by atoms with Gasteiger partial charge in [0.2, 0.25) is 5.88 Å². The van der Waals surface area contributed by atoms with Crippen LogP contribution in [-0.4, -0.2) is 12.0 Å². The smallest absolute Gasteiger partial charge is 0.219 e. The molecular weight excluding hydrogens is 226 g/mol. The van der Waals surface area contributed by atoms with Gasteiger partial charge in [0.25, 0.3) is 0 Å². The summed E-state index contributed by atoms with van der Waals surface area (Å²) in [6.45, 7) is 0.790. The highest BCUT2D eigenvalue weighted by molar-refractivity contribution is 5.33. The molecule has 0 unspecified atom stereocenters. The highest BCUT2D eigenvalue weighted by Crippen LogP contribution is 2.20. The van der Waals surface area contributed by atoms with Gasteiger partial charge < -0.3 is 10.1 Å². The van der Waals surface area contributed by atoms with E-state index in [-0.39, 0.29) is 0 Å². The van der Waals surface area contributed by atoms with E-state index in [1.165, 1.54) is 6.20 Å². The first-order chi connectivity index (χ1) is 8.81. The fourth-order valence-corrected chi connectivity index (χ4v) is 1.55. The van der Waals surface area contributed by atoms with Crippen molar-refractivity contribution in [1.29, 1.82) is 5.26 Å². The van der Waals surface area contributed by atoms with Gasteiger partial charge in [-0.3, -0.25) is 0 Å². The van der Waals surface area contributed by atoms with E-state index in [9.17, 15) is 0 Å². The molecule has 4 nitrogen and oxygen atoms in total. The molecule has 0 fully saturated rings. The number of hydrogen-bond acceptors (Lipinski definition) is 4. The maximum Gasteiger partial charge on any atom is 0.219 e. The third kappa shape index (κ3) is 3.06. The van der Waals surface area contributed by atoms with Crippen LogP contribution >= 0.6 is 0 Å². The van der Waals surface area contributed by atoms with Crippen LogP contribution in [0.4, 0.5) is 0 Å². The second kappa shape index (κ2) is 5.80. The summed E-state index contributed by atoms with van der Waals surface area (Å²) in [5, 5.41) is 11.8. The molecule has 0 saturated carbocycles. The van der Waals surface area contributed by atoms with E-state index in [1.807, 2.05) is 37.4 Å². The first kappa shape index (κ1) is 12.1. The number of nitrogens with one attached hydrogen (secondary N) is 1. The fraction of sp³-hybridized carbons (Fsp3) is 0.143. The Bertz CT molecular complexity index is 558. The predicted octanol–water partition coefficient (Wildman–Crippen LogP) is 2.46. The Morgan fingerprint density at radius 3 is 2.89 bits per heavy atom. The van der Waals surface area contributed by atoms with Crippen LogP contribution in [0.2, 0.25) is 0 Å². The summed E-state index contributed by atoms with van der Waals surface area (Å²) in [6.07, 6.45) is 1.49. The molecule has 2 aromatic rings. The van der Waals surface area contributed by atoms with Crippen LogP contribution in [0.1, 0.15) is 11.1 Å². The van der Waals surface area contributed by atoms with Crippen molar-refractivity contribution in [1.82, 2.24) is 10.3 Å². The molecule has 2 rings (SSSR count). The molecule has 0 bridgehead atoms. The van der Waals surface area contributed by atoms with Crippen LogP contribution < -0.4 is 10.1 Å². The second-order valence-corrected chi connectivity index (χ2v) is 3.78. The van der Waals surface area contributed by atoms with Gasteiger partial charge in [0.1, 0.15) is 11.8 Å². The van der Waals surface area contributed by atoms with E-state index in [0.717, 1.165) is 17.9 Å². The van der Waals surface area contributed by atoms with Crippen molar-refractivity contribution >= 4 is 0 Å². The lowest BCUT2D eigenvalue weighted by molar-refractivity contribution is 0.462. The highest BCUT2D eigenvalue weighted by atomic mass is 16.5. The Balaban J connectivity index is 2.12. The lowest BCUT2D eigenvalue weighted by Crippen LogP contribution is -2.04. The lowest BCUT2D eigenvalue weighted by atomic mass is 10.2. The van der Waals surface area contributed by atoms with E-state index >= 15 is 0 Å². The third-order valence-electron chi connectivity index (χ3n) is 2.37.